The largest absolute Gasteiger partial charge is 0.417 e. The molecular weight excluding hydrogens is 307 g/mol. The first-order chi connectivity index (χ1) is 9.79. The van der Waals surface area contributed by atoms with E-state index in [1.165, 1.54) is 25.4 Å². The van der Waals surface area contributed by atoms with Crippen LogP contribution in [0.15, 0.2) is 30.7 Å². The number of hydrogen-bond donors (Lipinski definition) is 1. The molecule has 1 amide bonds. The Balaban J connectivity index is 2.31. The molecule has 0 aliphatic heterocycles. The highest BCUT2D eigenvalue weighted by Gasteiger charge is 2.31. The normalized spacial score (nSPS) is 11.3. The first-order valence-electron chi connectivity index (χ1n) is 5.73. The van der Waals surface area contributed by atoms with Gasteiger partial charge in [-0.1, -0.05) is 11.6 Å². The minimum atomic E-state index is -4.53. The van der Waals surface area contributed by atoms with Crippen molar-refractivity contribution in [2.75, 3.05) is 5.32 Å². The topological polar surface area (TPSA) is 54.9 Å². The second-order valence-corrected chi connectivity index (χ2v) is 4.57. The van der Waals surface area contributed by atoms with Crippen LogP contribution in [0.5, 0.6) is 0 Å². The summed E-state index contributed by atoms with van der Waals surface area (Å²) >= 11 is 5.81. The van der Waals surface area contributed by atoms with E-state index in [0.29, 0.717) is 6.20 Å². The first kappa shape index (κ1) is 15.2. The van der Waals surface area contributed by atoms with Gasteiger partial charge in [0, 0.05) is 18.6 Å². The van der Waals surface area contributed by atoms with Crippen LogP contribution in [0, 0.1) is 6.92 Å². The van der Waals surface area contributed by atoms with E-state index >= 15 is 0 Å². The molecule has 21 heavy (non-hydrogen) atoms. The van der Waals surface area contributed by atoms with Gasteiger partial charge in [-0.05, 0) is 19.1 Å². The molecule has 2 heterocycles. The summed E-state index contributed by atoms with van der Waals surface area (Å²) in [6.07, 6.45) is -1.19. The SMILES string of the molecule is Cc1ncc(C(F)(F)F)cc1NC(=O)c1ccncc1Cl. The summed E-state index contributed by atoms with van der Waals surface area (Å²) in [7, 11) is 0. The van der Waals surface area contributed by atoms with Crippen LogP contribution >= 0.6 is 11.6 Å². The maximum Gasteiger partial charge on any atom is 0.417 e. The minimum absolute atomic E-state index is 0.0253. The number of aryl methyl sites for hydroxylation is 1. The monoisotopic (exact) mass is 315 g/mol. The van der Waals surface area contributed by atoms with Crippen LogP contribution in [0.4, 0.5) is 18.9 Å². The quantitative estimate of drug-likeness (QED) is 0.919. The lowest BCUT2D eigenvalue weighted by atomic mass is 10.2. The Morgan fingerprint density at radius 2 is 2.05 bits per heavy atom. The zero-order valence-corrected chi connectivity index (χ0v) is 11.5. The van der Waals surface area contributed by atoms with Gasteiger partial charge < -0.3 is 5.32 Å². The number of aromatic nitrogens is 2. The molecule has 1 N–H and O–H groups in total. The number of nitrogens with one attached hydrogen (secondary N) is 1. The van der Waals surface area contributed by atoms with Crippen molar-refractivity contribution in [3.05, 3.63) is 52.6 Å². The molecule has 0 saturated carbocycles. The highest BCUT2D eigenvalue weighted by Crippen LogP contribution is 2.31. The number of alkyl halides is 3. The van der Waals surface area contributed by atoms with Gasteiger partial charge in [-0.2, -0.15) is 13.2 Å². The van der Waals surface area contributed by atoms with Crippen molar-refractivity contribution < 1.29 is 18.0 Å². The first-order valence-corrected chi connectivity index (χ1v) is 6.11. The van der Waals surface area contributed by atoms with Crippen molar-refractivity contribution >= 4 is 23.2 Å². The molecule has 2 aromatic heterocycles. The lowest BCUT2D eigenvalue weighted by Gasteiger charge is -2.12. The molecule has 0 aliphatic carbocycles. The van der Waals surface area contributed by atoms with Gasteiger partial charge in [0.1, 0.15) is 0 Å². The molecule has 0 spiro atoms. The highest BCUT2D eigenvalue weighted by molar-refractivity contribution is 6.34. The number of halogens is 4. The molecule has 2 aromatic rings. The third kappa shape index (κ3) is 3.49. The summed E-state index contributed by atoms with van der Waals surface area (Å²) in [6, 6.07) is 2.20. The van der Waals surface area contributed by atoms with E-state index in [4.69, 9.17) is 11.6 Å². The van der Waals surface area contributed by atoms with Gasteiger partial charge in [0.05, 0.1) is 27.5 Å². The molecule has 0 bridgehead atoms. The van der Waals surface area contributed by atoms with Crippen LogP contribution in [-0.4, -0.2) is 15.9 Å². The molecule has 8 heteroatoms. The van der Waals surface area contributed by atoms with Gasteiger partial charge in [0.15, 0.2) is 0 Å². The van der Waals surface area contributed by atoms with E-state index in [1.807, 2.05) is 0 Å². The average Bonchev–Trinajstić information content (AvgIpc) is 2.40. The van der Waals surface area contributed by atoms with Crippen molar-refractivity contribution in [3.63, 3.8) is 0 Å². The van der Waals surface area contributed by atoms with E-state index in [2.05, 4.69) is 15.3 Å². The second-order valence-electron chi connectivity index (χ2n) is 4.16. The number of pyridine rings is 2. The van der Waals surface area contributed by atoms with Crippen molar-refractivity contribution in [1.29, 1.82) is 0 Å². The number of rotatable bonds is 2. The van der Waals surface area contributed by atoms with E-state index in [-0.39, 0.29) is 22.0 Å². The van der Waals surface area contributed by atoms with Gasteiger partial charge in [-0.25, -0.2) is 0 Å². The van der Waals surface area contributed by atoms with E-state index in [0.717, 1.165) is 6.07 Å². The predicted molar refractivity (Wildman–Crippen MR) is 71.2 cm³/mol. The smallest absolute Gasteiger partial charge is 0.320 e. The van der Waals surface area contributed by atoms with Gasteiger partial charge in [-0.15, -0.1) is 0 Å². The number of hydrogen-bond acceptors (Lipinski definition) is 3. The van der Waals surface area contributed by atoms with Gasteiger partial charge >= 0.3 is 6.18 Å². The molecule has 0 atom stereocenters. The van der Waals surface area contributed by atoms with Gasteiger partial charge in [0.25, 0.3) is 5.91 Å². The Bertz CT molecular complexity index is 689. The van der Waals surface area contributed by atoms with Crippen LogP contribution in [0.1, 0.15) is 21.6 Å². The Hall–Kier alpha value is -2.15. The minimum Gasteiger partial charge on any atom is -0.320 e. The molecule has 2 rings (SSSR count). The summed E-state index contributed by atoms with van der Waals surface area (Å²) in [5.74, 6) is -0.633. The van der Waals surface area contributed by atoms with Crippen molar-refractivity contribution in [1.82, 2.24) is 9.97 Å². The maximum absolute atomic E-state index is 12.6. The number of carbonyl (C=O) groups excluding carboxylic acids is 1. The van der Waals surface area contributed by atoms with E-state index < -0.39 is 17.6 Å². The molecule has 4 nitrogen and oxygen atoms in total. The van der Waals surface area contributed by atoms with Crippen LogP contribution in [-0.2, 0) is 6.18 Å². The molecule has 0 fully saturated rings. The van der Waals surface area contributed by atoms with Crippen molar-refractivity contribution in [2.45, 2.75) is 13.1 Å². The van der Waals surface area contributed by atoms with Crippen LogP contribution in [0.3, 0.4) is 0 Å². The average molecular weight is 316 g/mol. The maximum atomic E-state index is 12.6. The summed E-state index contributed by atoms with van der Waals surface area (Å²) < 4.78 is 37.9. The Labute approximate surface area is 123 Å². The summed E-state index contributed by atoms with van der Waals surface area (Å²) in [4.78, 5) is 19.4. The van der Waals surface area contributed by atoms with Crippen molar-refractivity contribution in [2.24, 2.45) is 0 Å². The van der Waals surface area contributed by atoms with Gasteiger partial charge in [-0.3, -0.25) is 14.8 Å². The molecule has 0 aromatic carbocycles. The number of carbonyl (C=O) groups is 1. The summed E-state index contributed by atoms with van der Waals surface area (Å²) in [5.41, 5.74) is -0.586. The summed E-state index contributed by atoms with van der Waals surface area (Å²) in [5, 5.41) is 2.47. The molecular formula is C13H9ClF3N3O. The van der Waals surface area contributed by atoms with Crippen molar-refractivity contribution in [3.8, 4) is 0 Å². The van der Waals surface area contributed by atoms with E-state index in [9.17, 15) is 18.0 Å². The fourth-order valence-electron chi connectivity index (χ4n) is 1.56. The Morgan fingerprint density at radius 3 is 2.67 bits per heavy atom. The Morgan fingerprint density at radius 1 is 1.33 bits per heavy atom. The fraction of sp³-hybridized carbons (Fsp3) is 0.154. The fourth-order valence-corrected chi connectivity index (χ4v) is 1.77. The van der Waals surface area contributed by atoms with Gasteiger partial charge in [0.2, 0.25) is 0 Å². The third-order valence-corrected chi connectivity index (χ3v) is 2.98. The molecule has 0 unspecified atom stereocenters. The highest BCUT2D eigenvalue weighted by atomic mass is 35.5. The van der Waals surface area contributed by atoms with Crippen LogP contribution < -0.4 is 5.32 Å². The predicted octanol–water partition coefficient (Wildman–Crippen LogP) is 3.71. The third-order valence-electron chi connectivity index (χ3n) is 2.68. The van der Waals surface area contributed by atoms with Crippen LogP contribution in [0.2, 0.25) is 5.02 Å². The zero-order chi connectivity index (χ0) is 15.6. The lowest BCUT2D eigenvalue weighted by Crippen LogP contribution is -2.15. The second kappa shape index (κ2) is 5.69. The zero-order valence-electron chi connectivity index (χ0n) is 10.7. The molecule has 0 aliphatic rings. The standard InChI is InChI=1S/C13H9ClF3N3O/c1-7-11(4-8(5-19-7)13(15,16)17)20-12(21)9-2-3-18-6-10(9)14/h2-6H,1H3,(H,20,21). The molecule has 110 valence electrons. The number of anilines is 1. The molecule has 0 radical (unpaired) electrons. The number of amides is 1. The number of nitrogens with zero attached hydrogens (tertiary/aromatic N) is 2. The molecule has 0 saturated heterocycles. The van der Waals surface area contributed by atoms with E-state index in [1.54, 1.807) is 0 Å². The lowest BCUT2D eigenvalue weighted by molar-refractivity contribution is -0.137. The summed E-state index contributed by atoms with van der Waals surface area (Å²) in [6.45, 7) is 1.49. The van der Waals surface area contributed by atoms with Crippen LogP contribution in [0.25, 0.3) is 0 Å². The Kier molecular flexibility index (Phi) is 4.13.